The molecule has 0 aromatic heterocycles. The van der Waals surface area contributed by atoms with Crippen molar-refractivity contribution in [1.29, 1.82) is 0 Å². The molecule has 5 heteroatoms. The molecule has 1 fully saturated rings. The number of carbonyl (C=O) groups is 2. The van der Waals surface area contributed by atoms with Gasteiger partial charge in [-0.25, -0.2) is 0 Å². The highest BCUT2D eigenvalue weighted by Gasteiger charge is 2.29. The van der Waals surface area contributed by atoms with Gasteiger partial charge < -0.3 is 15.5 Å². The lowest BCUT2D eigenvalue weighted by molar-refractivity contribution is -0.138. The summed E-state index contributed by atoms with van der Waals surface area (Å²) in [6.07, 6.45) is 2.57. The highest BCUT2D eigenvalue weighted by atomic mass is 16.2. The summed E-state index contributed by atoms with van der Waals surface area (Å²) in [4.78, 5) is 26.9. The maximum atomic E-state index is 12.6. The third-order valence-electron chi connectivity index (χ3n) is 4.91. The summed E-state index contributed by atoms with van der Waals surface area (Å²) in [5, 5.41) is 6.31. The van der Waals surface area contributed by atoms with Crippen LogP contribution in [0, 0.1) is 11.8 Å². The van der Waals surface area contributed by atoms with E-state index in [4.69, 9.17) is 0 Å². The Balaban J connectivity index is 1.95. The molecule has 25 heavy (non-hydrogen) atoms. The van der Waals surface area contributed by atoms with Crippen LogP contribution >= 0.6 is 0 Å². The van der Waals surface area contributed by atoms with Crippen LogP contribution in [-0.2, 0) is 16.1 Å². The Morgan fingerprint density at radius 2 is 2.12 bits per heavy atom. The Kier molecular flexibility index (Phi) is 7.44. The van der Waals surface area contributed by atoms with E-state index in [1.165, 1.54) is 0 Å². The molecule has 0 radical (unpaired) electrons. The molecule has 0 spiro atoms. The number of likely N-dealkylation sites (tertiary alicyclic amines) is 1. The third-order valence-corrected chi connectivity index (χ3v) is 4.91. The van der Waals surface area contributed by atoms with Crippen molar-refractivity contribution in [1.82, 2.24) is 10.2 Å². The quantitative estimate of drug-likeness (QED) is 0.798. The fourth-order valence-corrected chi connectivity index (χ4v) is 3.15. The van der Waals surface area contributed by atoms with Gasteiger partial charge in [0.25, 0.3) is 0 Å². The second-order valence-electron chi connectivity index (χ2n) is 6.90. The largest absolute Gasteiger partial charge is 0.342 e. The molecule has 1 saturated heterocycles. The van der Waals surface area contributed by atoms with Crippen LogP contribution < -0.4 is 10.6 Å². The van der Waals surface area contributed by atoms with Crippen LogP contribution in [0.25, 0.3) is 0 Å². The molecule has 2 unspecified atom stereocenters. The van der Waals surface area contributed by atoms with E-state index in [9.17, 15) is 9.59 Å². The van der Waals surface area contributed by atoms with Crippen LogP contribution in [0.3, 0.4) is 0 Å². The first kappa shape index (κ1) is 19.4. The average Bonchev–Trinajstić information content (AvgIpc) is 2.65. The minimum Gasteiger partial charge on any atom is -0.342 e. The number of anilines is 1. The van der Waals surface area contributed by atoms with Gasteiger partial charge in [0.05, 0.1) is 5.92 Å². The van der Waals surface area contributed by atoms with Crippen molar-refractivity contribution in [2.75, 3.05) is 25.0 Å². The van der Waals surface area contributed by atoms with Crippen LogP contribution in [0.15, 0.2) is 24.3 Å². The van der Waals surface area contributed by atoms with Gasteiger partial charge >= 0.3 is 0 Å². The van der Waals surface area contributed by atoms with Gasteiger partial charge in [0, 0.05) is 31.2 Å². The number of hydrogen-bond acceptors (Lipinski definition) is 3. The van der Waals surface area contributed by atoms with Crippen molar-refractivity contribution in [2.24, 2.45) is 11.8 Å². The number of nitrogens with zero attached hydrogens (tertiary/aromatic N) is 1. The molecule has 0 bridgehead atoms. The van der Waals surface area contributed by atoms with Gasteiger partial charge in [-0.15, -0.1) is 0 Å². The number of carbonyl (C=O) groups excluding carboxylic acids is 2. The van der Waals surface area contributed by atoms with Gasteiger partial charge in [0.15, 0.2) is 0 Å². The van der Waals surface area contributed by atoms with E-state index in [0.29, 0.717) is 6.54 Å². The monoisotopic (exact) mass is 345 g/mol. The Morgan fingerprint density at radius 3 is 2.84 bits per heavy atom. The molecule has 138 valence electrons. The van der Waals surface area contributed by atoms with E-state index in [2.05, 4.69) is 17.6 Å². The Hall–Kier alpha value is -1.88. The summed E-state index contributed by atoms with van der Waals surface area (Å²) in [5.41, 5.74) is 1.97. The van der Waals surface area contributed by atoms with E-state index in [1.807, 2.05) is 43.0 Å². The first-order valence-electron chi connectivity index (χ1n) is 9.44. The molecule has 1 heterocycles. The van der Waals surface area contributed by atoms with E-state index >= 15 is 0 Å². The molecule has 2 rings (SSSR count). The molecular formula is C20H31N3O2. The van der Waals surface area contributed by atoms with Crippen molar-refractivity contribution >= 4 is 17.5 Å². The maximum absolute atomic E-state index is 12.6. The fourth-order valence-electron chi connectivity index (χ4n) is 3.15. The molecule has 0 aliphatic carbocycles. The molecule has 5 nitrogen and oxygen atoms in total. The highest BCUT2D eigenvalue weighted by Crippen LogP contribution is 2.21. The van der Waals surface area contributed by atoms with Crippen molar-refractivity contribution < 1.29 is 9.59 Å². The van der Waals surface area contributed by atoms with Crippen LogP contribution in [0.5, 0.6) is 0 Å². The number of hydrogen-bond donors (Lipinski definition) is 2. The lowest BCUT2D eigenvalue weighted by atomic mass is 9.95. The molecular weight excluding hydrogens is 314 g/mol. The molecule has 2 amide bonds. The van der Waals surface area contributed by atoms with Crippen LogP contribution in [0.1, 0.15) is 45.6 Å². The van der Waals surface area contributed by atoms with Crippen LogP contribution in [-0.4, -0.2) is 36.3 Å². The smallest absolute Gasteiger partial charge is 0.229 e. The Labute approximate surface area is 151 Å². The van der Waals surface area contributed by atoms with Crippen molar-refractivity contribution in [3.05, 3.63) is 29.8 Å². The van der Waals surface area contributed by atoms with E-state index < -0.39 is 0 Å². The first-order valence-corrected chi connectivity index (χ1v) is 9.44. The van der Waals surface area contributed by atoms with E-state index in [0.717, 1.165) is 50.1 Å². The second kappa shape index (κ2) is 9.56. The summed E-state index contributed by atoms with van der Waals surface area (Å²) in [6.45, 7) is 9.07. The standard InChI is InChI=1S/C20H31N3O2/c1-4-15(3)20(25)23-11-7-9-17(14-23)19(24)22-18-10-6-8-16(12-18)13-21-5-2/h6,8,10,12,15,17,21H,4-5,7,9,11,13-14H2,1-3H3,(H,22,24). The van der Waals surface area contributed by atoms with Gasteiger partial charge in [0.2, 0.25) is 11.8 Å². The molecule has 1 aromatic rings. The molecule has 1 aliphatic rings. The molecule has 2 atom stereocenters. The van der Waals surface area contributed by atoms with Gasteiger partial charge in [-0.2, -0.15) is 0 Å². The zero-order valence-electron chi connectivity index (χ0n) is 15.7. The fraction of sp³-hybridized carbons (Fsp3) is 0.600. The number of rotatable bonds is 7. The lowest BCUT2D eigenvalue weighted by Gasteiger charge is -2.33. The summed E-state index contributed by atoms with van der Waals surface area (Å²) in [5.74, 6) is 0.0960. The topological polar surface area (TPSA) is 61.4 Å². The second-order valence-corrected chi connectivity index (χ2v) is 6.90. The summed E-state index contributed by atoms with van der Waals surface area (Å²) >= 11 is 0. The zero-order valence-corrected chi connectivity index (χ0v) is 15.7. The Morgan fingerprint density at radius 1 is 1.32 bits per heavy atom. The molecule has 1 aromatic carbocycles. The van der Waals surface area contributed by atoms with Crippen molar-refractivity contribution in [2.45, 2.75) is 46.6 Å². The first-order chi connectivity index (χ1) is 12.0. The van der Waals surface area contributed by atoms with Gasteiger partial charge in [-0.05, 0) is 43.5 Å². The maximum Gasteiger partial charge on any atom is 0.229 e. The van der Waals surface area contributed by atoms with Crippen LogP contribution in [0.2, 0.25) is 0 Å². The van der Waals surface area contributed by atoms with E-state index in [1.54, 1.807) is 0 Å². The number of nitrogens with one attached hydrogen (secondary N) is 2. The summed E-state index contributed by atoms with van der Waals surface area (Å²) < 4.78 is 0. The lowest BCUT2D eigenvalue weighted by Crippen LogP contribution is -2.45. The highest BCUT2D eigenvalue weighted by molar-refractivity contribution is 5.93. The number of piperidine rings is 1. The normalized spacial score (nSPS) is 18.7. The predicted octanol–water partition coefficient (Wildman–Crippen LogP) is 3.02. The van der Waals surface area contributed by atoms with Crippen molar-refractivity contribution in [3.63, 3.8) is 0 Å². The minimum absolute atomic E-state index is 0.0160. The zero-order chi connectivity index (χ0) is 18.2. The molecule has 0 saturated carbocycles. The van der Waals surface area contributed by atoms with Gasteiger partial charge in [-0.1, -0.05) is 32.9 Å². The summed E-state index contributed by atoms with van der Waals surface area (Å²) in [7, 11) is 0. The molecule has 1 aliphatic heterocycles. The van der Waals surface area contributed by atoms with Crippen molar-refractivity contribution in [3.8, 4) is 0 Å². The van der Waals surface area contributed by atoms with E-state index in [-0.39, 0.29) is 23.7 Å². The van der Waals surface area contributed by atoms with Gasteiger partial charge in [-0.3, -0.25) is 9.59 Å². The number of benzene rings is 1. The average molecular weight is 345 g/mol. The minimum atomic E-state index is -0.126. The Bertz CT molecular complexity index is 588. The predicted molar refractivity (Wildman–Crippen MR) is 101 cm³/mol. The number of amides is 2. The van der Waals surface area contributed by atoms with Crippen LogP contribution in [0.4, 0.5) is 5.69 Å². The summed E-state index contributed by atoms with van der Waals surface area (Å²) in [6, 6.07) is 7.93. The van der Waals surface area contributed by atoms with Gasteiger partial charge in [0.1, 0.15) is 0 Å². The third kappa shape index (κ3) is 5.56. The SMILES string of the molecule is CCNCc1cccc(NC(=O)C2CCCN(C(=O)C(C)CC)C2)c1. The molecule has 2 N–H and O–H groups in total.